The number of nitrogens with zero attached hydrogens (tertiary/aromatic N) is 7. The van der Waals surface area contributed by atoms with Crippen LogP contribution in [0.4, 0.5) is 17.5 Å². The van der Waals surface area contributed by atoms with Crippen LogP contribution in [0.15, 0.2) is 53.3 Å². The summed E-state index contributed by atoms with van der Waals surface area (Å²) in [5.41, 5.74) is 7.98. The lowest BCUT2D eigenvalue weighted by atomic mass is 9.98. The number of carbonyl (C=O) groups excluding carboxylic acids is 1. The Morgan fingerprint density at radius 3 is 2.74 bits per heavy atom. The van der Waals surface area contributed by atoms with E-state index in [0.717, 1.165) is 42.1 Å². The Balaban J connectivity index is 1.32. The van der Waals surface area contributed by atoms with Crippen LogP contribution in [0.3, 0.4) is 0 Å². The molecule has 35 heavy (non-hydrogen) atoms. The highest BCUT2D eigenvalue weighted by Crippen LogP contribution is 2.36. The second-order valence-corrected chi connectivity index (χ2v) is 8.89. The normalized spacial score (nSPS) is 19.9. The van der Waals surface area contributed by atoms with E-state index in [-0.39, 0.29) is 18.1 Å². The summed E-state index contributed by atoms with van der Waals surface area (Å²) in [6, 6.07) is 11.2. The Labute approximate surface area is 200 Å². The third kappa shape index (κ3) is 3.43. The number of likely N-dealkylation sites (tertiary alicyclic amines) is 1. The van der Waals surface area contributed by atoms with Gasteiger partial charge in [0, 0.05) is 56.5 Å². The molecule has 11 heteroatoms. The Bertz CT molecular complexity index is 1430. The van der Waals surface area contributed by atoms with Gasteiger partial charge in [-0.2, -0.15) is 5.10 Å². The maximum Gasteiger partial charge on any atom is 0.262 e. The zero-order valence-electron chi connectivity index (χ0n) is 19.1. The first-order chi connectivity index (χ1) is 16.9. The van der Waals surface area contributed by atoms with Crippen molar-refractivity contribution in [3.8, 4) is 22.5 Å². The van der Waals surface area contributed by atoms with Crippen molar-refractivity contribution in [1.82, 2.24) is 29.8 Å². The van der Waals surface area contributed by atoms with E-state index in [1.807, 2.05) is 39.9 Å². The predicted octanol–water partition coefficient (Wildman–Crippen LogP) is 2.17. The zero-order valence-corrected chi connectivity index (χ0v) is 19.1. The smallest absolute Gasteiger partial charge is 0.262 e. The highest BCUT2D eigenvalue weighted by molar-refractivity contribution is 5.87. The molecule has 4 aromatic rings. The summed E-state index contributed by atoms with van der Waals surface area (Å²) in [6.45, 7) is 2.01. The van der Waals surface area contributed by atoms with Gasteiger partial charge in [0.05, 0.1) is 17.6 Å². The van der Waals surface area contributed by atoms with Crippen LogP contribution in [-0.2, 0) is 16.9 Å². The molecular formula is C24H24N8O3. The minimum absolute atomic E-state index is 0.149. The summed E-state index contributed by atoms with van der Waals surface area (Å²) in [4.78, 5) is 25.2. The minimum atomic E-state index is -1.68. The molecule has 0 bridgehead atoms. The number of nitrogen functional groups attached to an aromatic ring is 1. The molecule has 0 aliphatic carbocycles. The van der Waals surface area contributed by atoms with Crippen molar-refractivity contribution in [2.45, 2.75) is 25.0 Å². The molecule has 0 spiro atoms. The highest BCUT2D eigenvalue weighted by Gasteiger charge is 2.48. The molecule has 178 valence electrons. The Morgan fingerprint density at radius 1 is 1.11 bits per heavy atom. The van der Waals surface area contributed by atoms with Gasteiger partial charge in [-0.25, -0.2) is 14.6 Å². The molecule has 2 aliphatic rings. The van der Waals surface area contributed by atoms with Crippen LogP contribution in [0, 0.1) is 0 Å². The SMILES string of the molecule is CN1CC[C@@](O)(c2cc(-c3cccc(-c4ccnc(N5CCCn6ncc(N)c65)n4)c3)no2)C1=O. The number of fused-ring (bicyclic) bond motifs is 1. The topological polar surface area (TPSA) is 139 Å². The first kappa shape index (κ1) is 21.3. The van der Waals surface area contributed by atoms with E-state index >= 15 is 0 Å². The first-order valence-corrected chi connectivity index (χ1v) is 11.4. The van der Waals surface area contributed by atoms with E-state index < -0.39 is 5.60 Å². The van der Waals surface area contributed by atoms with Gasteiger partial charge in [-0.05, 0) is 18.6 Å². The quantitative estimate of drug-likeness (QED) is 0.457. The van der Waals surface area contributed by atoms with Gasteiger partial charge in [0.25, 0.3) is 5.91 Å². The van der Waals surface area contributed by atoms with Crippen molar-refractivity contribution in [3.05, 3.63) is 54.6 Å². The molecule has 2 aliphatic heterocycles. The van der Waals surface area contributed by atoms with Gasteiger partial charge in [-0.15, -0.1) is 0 Å². The number of aryl methyl sites for hydroxylation is 1. The Hall–Kier alpha value is -4.25. The summed E-state index contributed by atoms with van der Waals surface area (Å²) in [6.07, 6.45) is 4.56. The van der Waals surface area contributed by atoms with E-state index in [1.54, 1.807) is 25.5 Å². The standard InChI is InChI=1S/C24H24N8O3/c1-30-11-7-24(34,22(30)33)20-13-19(29-35-20)16-5-2-4-15(12-16)18-6-8-26-23(28-18)31-9-3-10-32-21(31)17(25)14-27-32/h2,4-6,8,12-14,34H,3,7,9-11,25H2,1H3/t24-/m1/s1. The van der Waals surface area contributed by atoms with Crippen LogP contribution in [0.5, 0.6) is 0 Å². The molecule has 0 unspecified atom stereocenters. The number of carbonyl (C=O) groups is 1. The number of rotatable bonds is 4. The number of hydrogen-bond donors (Lipinski definition) is 2. The van der Waals surface area contributed by atoms with Gasteiger partial charge in [-0.3, -0.25) is 9.69 Å². The van der Waals surface area contributed by atoms with Crippen molar-refractivity contribution < 1.29 is 14.4 Å². The lowest BCUT2D eigenvalue weighted by molar-refractivity contribution is -0.144. The van der Waals surface area contributed by atoms with Crippen LogP contribution in [0.1, 0.15) is 18.6 Å². The summed E-state index contributed by atoms with van der Waals surface area (Å²) in [7, 11) is 1.66. The number of hydrogen-bond acceptors (Lipinski definition) is 9. The molecule has 1 aromatic carbocycles. The van der Waals surface area contributed by atoms with Crippen molar-refractivity contribution in [2.75, 3.05) is 30.8 Å². The first-order valence-electron chi connectivity index (χ1n) is 11.4. The van der Waals surface area contributed by atoms with Gasteiger partial charge >= 0.3 is 0 Å². The van der Waals surface area contributed by atoms with Gasteiger partial charge in [-0.1, -0.05) is 23.4 Å². The fraction of sp³-hybridized carbons (Fsp3) is 0.292. The third-order valence-corrected chi connectivity index (χ3v) is 6.61. The number of anilines is 3. The predicted molar refractivity (Wildman–Crippen MR) is 127 cm³/mol. The van der Waals surface area contributed by atoms with Crippen molar-refractivity contribution >= 4 is 23.4 Å². The van der Waals surface area contributed by atoms with Crippen LogP contribution in [0.2, 0.25) is 0 Å². The van der Waals surface area contributed by atoms with Crippen LogP contribution < -0.4 is 10.6 Å². The second kappa shape index (κ2) is 7.91. The number of amides is 1. The highest BCUT2D eigenvalue weighted by atomic mass is 16.5. The van der Waals surface area contributed by atoms with Crippen molar-refractivity contribution in [1.29, 1.82) is 0 Å². The molecule has 1 saturated heterocycles. The van der Waals surface area contributed by atoms with Gasteiger partial charge in [0.2, 0.25) is 11.5 Å². The molecular weight excluding hydrogens is 448 g/mol. The molecule has 5 heterocycles. The molecule has 0 saturated carbocycles. The maximum absolute atomic E-state index is 12.4. The number of aromatic nitrogens is 5. The molecule has 0 radical (unpaired) electrons. The van der Waals surface area contributed by atoms with Crippen molar-refractivity contribution in [3.63, 3.8) is 0 Å². The van der Waals surface area contributed by atoms with Crippen LogP contribution >= 0.6 is 0 Å². The number of benzene rings is 1. The van der Waals surface area contributed by atoms with Crippen LogP contribution in [0.25, 0.3) is 22.5 Å². The maximum atomic E-state index is 12.4. The summed E-state index contributed by atoms with van der Waals surface area (Å²) >= 11 is 0. The fourth-order valence-corrected chi connectivity index (χ4v) is 4.70. The Morgan fingerprint density at radius 2 is 1.94 bits per heavy atom. The molecule has 1 atom stereocenters. The average Bonchev–Trinajstić information content (AvgIpc) is 3.60. The zero-order chi connectivity index (χ0) is 24.2. The minimum Gasteiger partial charge on any atom is -0.394 e. The lowest BCUT2D eigenvalue weighted by Gasteiger charge is -2.28. The van der Waals surface area contributed by atoms with Gasteiger partial charge in [0.1, 0.15) is 5.69 Å². The summed E-state index contributed by atoms with van der Waals surface area (Å²) in [5.74, 6) is 1.12. The monoisotopic (exact) mass is 472 g/mol. The van der Waals surface area contributed by atoms with E-state index in [9.17, 15) is 9.90 Å². The summed E-state index contributed by atoms with van der Waals surface area (Å²) in [5, 5.41) is 19.3. The molecule has 6 rings (SSSR count). The fourth-order valence-electron chi connectivity index (χ4n) is 4.70. The van der Waals surface area contributed by atoms with Gasteiger partial charge < -0.3 is 20.3 Å². The van der Waals surface area contributed by atoms with Crippen LogP contribution in [-0.4, -0.2) is 61.0 Å². The second-order valence-electron chi connectivity index (χ2n) is 8.89. The third-order valence-electron chi connectivity index (χ3n) is 6.61. The molecule has 3 aromatic heterocycles. The Kier molecular flexibility index (Phi) is 4.81. The van der Waals surface area contributed by atoms with E-state index in [0.29, 0.717) is 23.9 Å². The number of aliphatic hydroxyl groups is 1. The van der Waals surface area contributed by atoms with Crippen molar-refractivity contribution in [2.24, 2.45) is 0 Å². The summed E-state index contributed by atoms with van der Waals surface area (Å²) < 4.78 is 7.28. The van der Waals surface area contributed by atoms with E-state index in [2.05, 4.69) is 15.2 Å². The lowest BCUT2D eigenvalue weighted by Crippen LogP contribution is -2.35. The molecule has 1 amide bonds. The number of nitrogens with two attached hydrogens (primary N) is 1. The molecule has 3 N–H and O–H groups in total. The number of likely N-dealkylation sites (N-methyl/N-ethyl adjacent to an activating group) is 1. The molecule has 11 nitrogen and oxygen atoms in total. The van der Waals surface area contributed by atoms with E-state index in [4.69, 9.17) is 15.2 Å². The average molecular weight is 473 g/mol. The molecule has 1 fully saturated rings. The van der Waals surface area contributed by atoms with Gasteiger partial charge in [0.15, 0.2) is 11.6 Å². The largest absolute Gasteiger partial charge is 0.394 e. The van der Waals surface area contributed by atoms with E-state index in [1.165, 1.54) is 4.90 Å².